The van der Waals surface area contributed by atoms with Crippen molar-refractivity contribution in [2.24, 2.45) is 0 Å². The molecule has 0 radical (unpaired) electrons. The second-order valence-electron chi connectivity index (χ2n) is 5.09. The van der Waals surface area contributed by atoms with Gasteiger partial charge in [-0.05, 0) is 31.5 Å². The van der Waals surface area contributed by atoms with Crippen LogP contribution in [0, 0.1) is 5.82 Å². The Hall–Kier alpha value is -1.54. The lowest BCUT2D eigenvalue weighted by Gasteiger charge is -2.15. The molecule has 9 heteroatoms. The van der Waals surface area contributed by atoms with Crippen molar-refractivity contribution in [1.29, 1.82) is 0 Å². The van der Waals surface area contributed by atoms with Gasteiger partial charge in [0, 0.05) is 18.5 Å². The third-order valence-electron chi connectivity index (χ3n) is 3.20. The molecule has 0 aromatic heterocycles. The molecule has 4 nitrogen and oxygen atoms in total. The van der Waals surface area contributed by atoms with Gasteiger partial charge in [-0.1, -0.05) is 0 Å². The van der Waals surface area contributed by atoms with E-state index < -0.39 is 24.5 Å². The Labute approximate surface area is 137 Å². The first-order valence-corrected chi connectivity index (χ1v) is 6.86. The fourth-order valence-corrected chi connectivity index (χ4v) is 2.24. The summed E-state index contributed by atoms with van der Waals surface area (Å²) in [7, 11) is 0. The summed E-state index contributed by atoms with van der Waals surface area (Å²) >= 11 is 0. The van der Waals surface area contributed by atoms with Crippen molar-refractivity contribution in [3.05, 3.63) is 24.0 Å². The van der Waals surface area contributed by atoms with Gasteiger partial charge in [-0.3, -0.25) is 4.79 Å². The lowest BCUT2D eigenvalue weighted by atomic mass is 10.1. The Balaban J connectivity index is 0.00000264. The Morgan fingerprint density at radius 3 is 2.74 bits per heavy atom. The molecule has 1 aromatic carbocycles. The van der Waals surface area contributed by atoms with E-state index in [2.05, 4.69) is 15.4 Å². The molecular weight excluding hydrogens is 340 g/mol. The average molecular weight is 357 g/mol. The van der Waals surface area contributed by atoms with Crippen LogP contribution in [0.1, 0.15) is 19.3 Å². The lowest BCUT2D eigenvalue weighted by molar-refractivity contribution is -0.153. The van der Waals surface area contributed by atoms with Gasteiger partial charge in [-0.15, -0.1) is 12.4 Å². The van der Waals surface area contributed by atoms with Crippen LogP contribution in [0.5, 0.6) is 5.75 Å². The summed E-state index contributed by atoms with van der Waals surface area (Å²) in [4.78, 5) is 11.9. The number of carbonyl (C=O) groups is 1. The standard InChI is InChI=1S/C14H16F4N2O2.ClH/c15-9-3-4-12(22-8-14(16,17)18)11(6-9)20-13(21)7-10-2-1-5-19-10;/h3-4,6,10,19H,1-2,5,7-8H2,(H,20,21);1H. The number of hydrogen-bond donors (Lipinski definition) is 2. The molecule has 1 heterocycles. The number of halogens is 5. The van der Waals surface area contributed by atoms with E-state index in [4.69, 9.17) is 0 Å². The van der Waals surface area contributed by atoms with Gasteiger partial charge in [0.1, 0.15) is 11.6 Å². The van der Waals surface area contributed by atoms with Crippen molar-refractivity contribution in [3.63, 3.8) is 0 Å². The molecule has 0 aliphatic carbocycles. The van der Waals surface area contributed by atoms with Crippen molar-refractivity contribution < 1.29 is 27.1 Å². The predicted molar refractivity (Wildman–Crippen MR) is 79.5 cm³/mol. The Kier molecular flexibility index (Phi) is 7.08. The minimum absolute atomic E-state index is 0. The SMILES string of the molecule is Cl.O=C(CC1CCCN1)Nc1cc(F)ccc1OCC(F)(F)F. The monoisotopic (exact) mass is 356 g/mol. The molecule has 1 amide bonds. The maximum Gasteiger partial charge on any atom is 0.422 e. The molecule has 1 saturated heterocycles. The third-order valence-corrected chi connectivity index (χ3v) is 3.20. The quantitative estimate of drug-likeness (QED) is 0.796. The van der Waals surface area contributed by atoms with E-state index in [-0.39, 0.29) is 36.3 Å². The highest BCUT2D eigenvalue weighted by atomic mass is 35.5. The van der Waals surface area contributed by atoms with Crippen molar-refractivity contribution >= 4 is 24.0 Å². The minimum Gasteiger partial charge on any atom is -0.482 e. The van der Waals surface area contributed by atoms with Gasteiger partial charge in [-0.25, -0.2) is 4.39 Å². The van der Waals surface area contributed by atoms with Gasteiger partial charge >= 0.3 is 6.18 Å². The fourth-order valence-electron chi connectivity index (χ4n) is 2.24. The van der Waals surface area contributed by atoms with E-state index in [0.29, 0.717) is 0 Å². The molecule has 1 aliphatic rings. The van der Waals surface area contributed by atoms with E-state index in [9.17, 15) is 22.4 Å². The minimum atomic E-state index is -4.51. The first kappa shape index (κ1) is 19.5. The molecule has 130 valence electrons. The zero-order valence-corrected chi connectivity index (χ0v) is 12.9. The summed E-state index contributed by atoms with van der Waals surface area (Å²) in [5.41, 5.74) is -0.104. The fraction of sp³-hybridized carbons (Fsp3) is 0.500. The van der Waals surface area contributed by atoms with Crippen molar-refractivity contribution in [3.8, 4) is 5.75 Å². The van der Waals surface area contributed by atoms with Crippen molar-refractivity contribution in [2.45, 2.75) is 31.5 Å². The Morgan fingerprint density at radius 1 is 1.39 bits per heavy atom. The van der Waals surface area contributed by atoms with Crippen LogP contribution >= 0.6 is 12.4 Å². The molecule has 23 heavy (non-hydrogen) atoms. The molecule has 2 rings (SSSR count). The van der Waals surface area contributed by atoms with E-state index in [0.717, 1.165) is 37.6 Å². The number of alkyl halides is 3. The zero-order chi connectivity index (χ0) is 16.2. The van der Waals surface area contributed by atoms with Gasteiger partial charge in [0.15, 0.2) is 6.61 Å². The van der Waals surface area contributed by atoms with Crippen LogP contribution < -0.4 is 15.4 Å². The molecule has 1 fully saturated rings. The summed E-state index contributed by atoms with van der Waals surface area (Å²) in [6.07, 6.45) is -2.51. The van der Waals surface area contributed by atoms with Crippen LogP contribution in [0.3, 0.4) is 0 Å². The van der Waals surface area contributed by atoms with E-state index in [1.165, 1.54) is 0 Å². The summed E-state index contributed by atoms with van der Waals surface area (Å²) < 4.78 is 54.4. The summed E-state index contributed by atoms with van der Waals surface area (Å²) in [5.74, 6) is -1.29. The molecule has 0 spiro atoms. The number of nitrogens with one attached hydrogen (secondary N) is 2. The summed E-state index contributed by atoms with van der Waals surface area (Å²) in [5, 5.41) is 5.53. The second-order valence-corrected chi connectivity index (χ2v) is 5.09. The zero-order valence-electron chi connectivity index (χ0n) is 12.1. The lowest BCUT2D eigenvalue weighted by Crippen LogP contribution is -2.27. The topological polar surface area (TPSA) is 50.4 Å². The smallest absolute Gasteiger partial charge is 0.422 e. The van der Waals surface area contributed by atoms with E-state index in [1.807, 2.05) is 0 Å². The Bertz CT molecular complexity index is 534. The number of benzene rings is 1. The molecule has 1 atom stereocenters. The highest BCUT2D eigenvalue weighted by molar-refractivity contribution is 5.92. The number of carbonyl (C=O) groups excluding carboxylic acids is 1. The van der Waals surface area contributed by atoms with Gasteiger partial charge in [0.25, 0.3) is 0 Å². The van der Waals surface area contributed by atoms with E-state index >= 15 is 0 Å². The van der Waals surface area contributed by atoms with Crippen LogP contribution in [0.2, 0.25) is 0 Å². The van der Waals surface area contributed by atoms with Crippen LogP contribution in [0.15, 0.2) is 18.2 Å². The third kappa shape index (κ3) is 6.62. The highest BCUT2D eigenvalue weighted by Gasteiger charge is 2.29. The molecule has 1 unspecified atom stereocenters. The molecule has 0 saturated carbocycles. The number of amides is 1. The van der Waals surface area contributed by atoms with Crippen LogP contribution in [0.4, 0.5) is 23.2 Å². The van der Waals surface area contributed by atoms with Gasteiger partial charge in [0.2, 0.25) is 5.91 Å². The first-order chi connectivity index (χ1) is 10.3. The molecular formula is C14H17ClF4N2O2. The van der Waals surface area contributed by atoms with Gasteiger partial charge in [0.05, 0.1) is 5.69 Å². The normalized spacial score (nSPS) is 17.5. The number of hydrogen-bond acceptors (Lipinski definition) is 3. The predicted octanol–water partition coefficient (Wildman–Crippen LogP) is 3.27. The van der Waals surface area contributed by atoms with E-state index in [1.54, 1.807) is 0 Å². The first-order valence-electron chi connectivity index (χ1n) is 6.86. The Morgan fingerprint density at radius 2 is 2.13 bits per heavy atom. The molecule has 2 N–H and O–H groups in total. The molecule has 1 aromatic rings. The molecule has 0 bridgehead atoms. The van der Waals surface area contributed by atoms with Gasteiger partial charge < -0.3 is 15.4 Å². The summed E-state index contributed by atoms with van der Waals surface area (Å²) in [6.45, 7) is -0.677. The average Bonchev–Trinajstić information content (AvgIpc) is 2.89. The summed E-state index contributed by atoms with van der Waals surface area (Å²) in [6, 6.07) is 3.00. The molecule has 1 aliphatic heterocycles. The second kappa shape index (κ2) is 8.35. The van der Waals surface area contributed by atoms with Crippen molar-refractivity contribution in [1.82, 2.24) is 5.32 Å². The van der Waals surface area contributed by atoms with Crippen molar-refractivity contribution in [2.75, 3.05) is 18.5 Å². The number of rotatable bonds is 5. The van der Waals surface area contributed by atoms with Crippen LogP contribution in [-0.4, -0.2) is 31.3 Å². The largest absolute Gasteiger partial charge is 0.482 e. The maximum atomic E-state index is 13.2. The maximum absolute atomic E-state index is 13.2. The number of anilines is 1. The van der Waals surface area contributed by atoms with Crippen LogP contribution in [-0.2, 0) is 4.79 Å². The highest BCUT2D eigenvalue weighted by Crippen LogP contribution is 2.28. The van der Waals surface area contributed by atoms with Crippen LogP contribution in [0.25, 0.3) is 0 Å². The number of ether oxygens (including phenoxy) is 1. The van der Waals surface area contributed by atoms with Gasteiger partial charge in [-0.2, -0.15) is 13.2 Å².